The number of ether oxygens (including phenoxy) is 1. The van der Waals surface area contributed by atoms with E-state index in [1.54, 1.807) is 19.4 Å². The van der Waals surface area contributed by atoms with Crippen LogP contribution in [0.5, 0.6) is 5.75 Å². The van der Waals surface area contributed by atoms with E-state index in [1.807, 2.05) is 42.5 Å². The lowest BCUT2D eigenvalue weighted by Gasteiger charge is -2.06. The Bertz CT molecular complexity index is 1220. The quantitative estimate of drug-likeness (QED) is 0.323. The molecule has 0 amide bonds. The van der Waals surface area contributed by atoms with Crippen molar-refractivity contribution in [1.82, 2.24) is 4.98 Å². The molecule has 3 N–H and O–H groups in total. The third kappa shape index (κ3) is 4.98. The summed E-state index contributed by atoms with van der Waals surface area (Å²) in [4.78, 5) is 18.5. The molecule has 31 heavy (non-hydrogen) atoms. The number of Topliss-reactive ketones (excluding diaryl/α,β-unsaturated/α-hetero) is 1. The summed E-state index contributed by atoms with van der Waals surface area (Å²) in [6.07, 6.45) is 2.78. The van der Waals surface area contributed by atoms with Crippen LogP contribution in [0.3, 0.4) is 0 Å². The van der Waals surface area contributed by atoms with Gasteiger partial charge in [-0.1, -0.05) is 29.8 Å². The summed E-state index contributed by atoms with van der Waals surface area (Å²) in [6.45, 7) is 0.559. The lowest BCUT2D eigenvalue weighted by Crippen LogP contribution is -1.99. The van der Waals surface area contributed by atoms with Gasteiger partial charge in [0.05, 0.1) is 23.6 Å². The smallest absolute Gasteiger partial charge is 0.173 e. The summed E-state index contributed by atoms with van der Waals surface area (Å²) >= 11 is 7.82. The van der Waals surface area contributed by atoms with E-state index in [4.69, 9.17) is 22.1 Å². The molecule has 0 aliphatic rings. The van der Waals surface area contributed by atoms with Gasteiger partial charge in [0.25, 0.3) is 0 Å². The summed E-state index contributed by atoms with van der Waals surface area (Å²) < 4.78 is 5.17. The molecule has 0 radical (unpaired) electrons. The van der Waals surface area contributed by atoms with Crippen LogP contribution in [0.2, 0.25) is 5.02 Å². The second kappa shape index (κ2) is 9.37. The number of nitrogens with two attached hydrogens (primary N) is 1. The van der Waals surface area contributed by atoms with Gasteiger partial charge in [-0.25, -0.2) is 4.98 Å². The van der Waals surface area contributed by atoms with Crippen molar-refractivity contribution in [3.63, 3.8) is 0 Å². The van der Waals surface area contributed by atoms with Crippen molar-refractivity contribution < 1.29 is 9.53 Å². The number of hydrogen-bond acceptors (Lipinski definition) is 6. The van der Waals surface area contributed by atoms with E-state index in [-0.39, 0.29) is 5.78 Å². The Kier molecular flexibility index (Phi) is 6.39. The van der Waals surface area contributed by atoms with Crippen LogP contribution in [0.1, 0.15) is 26.5 Å². The first kappa shape index (κ1) is 21.2. The van der Waals surface area contributed by atoms with E-state index in [0.29, 0.717) is 35.1 Å². The fraction of sp³-hybridized carbons (Fsp3) is 0.167. The van der Waals surface area contributed by atoms with Crippen LogP contribution in [0.15, 0.2) is 60.8 Å². The molecule has 0 saturated carbocycles. The molecule has 2 aromatic heterocycles. The Morgan fingerprint density at radius 1 is 1.16 bits per heavy atom. The van der Waals surface area contributed by atoms with E-state index in [0.717, 1.165) is 32.6 Å². The minimum atomic E-state index is 0.0944. The molecule has 7 heteroatoms. The molecule has 0 atom stereocenters. The van der Waals surface area contributed by atoms with Gasteiger partial charge < -0.3 is 15.8 Å². The zero-order valence-electron chi connectivity index (χ0n) is 17.0. The maximum Gasteiger partial charge on any atom is 0.173 e. The summed E-state index contributed by atoms with van der Waals surface area (Å²) in [5.74, 6) is 1.42. The van der Waals surface area contributed by atoms with Crippen molar-refractivity contribution in [2.75, 3.05) is 18.2 Å². The topological polar surface area (TPSA) is 77.2 Å². The third-order valence-corrected chi connectivity index (χ3v) is 6.70. The summed E-state index contributed by atoms with van der Waals surface area (Å²) in [6, 6.07) is 17.4. The first-order valence-corrected chi connectivity index (χ1v) is 11.1. The monoisotopic (exact) mass is 451 g/mol. The lowest BCUT2D eigenvalue weighted by molar-refractivity contribution is 0.0986. The molecule has 0 saturated heterocycles. The molecule has 0 fully saturated rings. The number of hydrogen-bond donors (Lipinski definition) is 2. The Morgan fingerprint density at radius 3 is 2.74 bits per heavy atom. The molecule has 2 heterocycles. The van der Waals surface area contributed by atoms with E-state index in [2.05, 4.69) is 16.4 Å². The number of methoxy groups -OCH3 is 1. The molecule has 5 nitrogen and oxygen atoms in total. The average Bonchev–Trinajstić information content (AvgIpc) is 3.17. The van der Waals surface area contributed by atoms with Gasteiger partial charge in [0.2, 0.25) is 0 Å². The normalized spacial score (nSPS) is 10.9. The fourth-order valence-corrected chi connectivity index (χ4v) is 4.66. The van der Waals surface area contributed by atoms with Gasteiger partial charge in [-0.15, -0.1) is 11.3 Å². The molecule has 0 unspecified atom stereocenters. The molecule has 158 valence electrons. The highest BCUT2D eigenvalue weighted by Gasteiger charge is 2.14. The van der Waals surface area contributed by atoms with Crippen molar-refractivity contribution >= 4 is 51.0 Å². The van der Waals surface area contributed by atoms with Crippen LogP contribution in [-0.4, -0.2) is 17.9 Å². The largest absolute Gasteiger partial charge is 0.497 e. The number of aromatic nitrogens is 1. The predicted molar refractivity (Wildman–Crippen MR) is 128 cm³/mol. The highest BCUT2D eigenvalue weighted by atomic mass is 35.5. The molecule has 4 aromatic rings. The number of carbonyl (C=O) groups excluding carboxylic acids is 1. The van der Waals surface area contributed by atoms with Crippen LogP contribution < -0.4 is 15.8 Å². The van der Waals surface area contributed by atoms with Crippen LogP contribution >= 0.6 is 22.9 Å². The van der Waals surface area contributed by atoms with E-state index >= 15 is 0 Å². The number of nitrogen functional groups attached to an aromatic ring is 1. The number of aryl methyl sites for hydroxylation is 1. The summed E-state index contributed by atoms with van der Waals surface area (Å²) in [5.41, 5.74) is 7.96. The number of anilines is 2. The van der Waals surface area contributed by atoms with Crippen LogP contribution in [0.25, 0.3) is 10.8 Å². The number of pyridine rings is 1. The van der Waals surface area contributed by atoms with Crippen LogP contribution in [0.4, 0.5) is 11.5 Å². The number of nitrogens with one attached hydrogen (secondary N) is 1. The van der Waals surface area contributed by atoms with Gasteiger partial charge in [0.15, 0.2) is 5.78 Å². The zero-order valence-corrected chi connectivity index (χ0v) is 18.6. The maximum absolute atomic E-state index is 12.7. The van der Waals surface area contributed by atoms with Crippen LogP contribution in [-0.2, 0) is 13.0 Å². The number of nitrogens with zero attached hydrogens (tertiary/aromatic N) is 1. The number of carbonyl (C=O) groups is 1. The second-order valence-electron chi connectivity index (χ2n) is 7.14. The highest BCUT2D eigenvalue weighted by molar-refractivity contribution is 7.14. The van der Waals surface area contributed by atoms with E-state index < -0.39 is 0 Å². The van der Waals surface area contributed by atoms with E-state index in [9.17, 15) is 4.79 Å². The first-order valence-electron chi connectivity index (χ1n) is 9.86. The first-order chi connectivity index (χ1) is 15.0. The number of benzene rings is 2. The lowest BCUT2D eigenvalue weighted by atomic mass is 10.0. The van der Waals surface area contributed by atoms with Crippen molar-refractivity contribution in [2.24, 2.45) is 0 Å². The highest BCUT2D eigenvalue weighted by Crippen LogP contribution is 2.29. The minimum Gasteiger partial charge on any atom is -0.497 e. The Balaban J connectivity index is 1.37. The minimum absolute atomic E-state index is 0.0944. The second-order valence-corrected chi connectivity index (χ2v) is 8.68. The maximum atomic E-state index is 12.7. The van der Waals surface area contributed by atoms with Gasteiger partial charge in [-0.05, 0) is 53.8 Å². The van der Waals surface area contributed by atoms with Crippen molar-refractivity contribution in [3.05, 3.63) is 81.1 Å². The van der Waals surface area contributed by atoms with Crippen molar-refractivity contribution in [2.45, 2.75) is 19.4 Å². The molecule has 0 aliphatic carbocycles. The third-order valence-electron chi connectivity index (χ3n) is 5.08. The zero-order chi connectivity index (χ0) is 21.8. The van der Waals surface area contributed by atoms with Crippen LogP contribution in [0, 0.1) is 0 Å². The Hall–Kier alpha value is -3.09. The Labute approximate surface area is 189 Å². The summed E-state index contributed by atoms with van der Waals surface area (Å²) in [7, 11) is 1.64. The number of ketones is 1. The molecule has 2 aromatic carbocycles. The number of fused-ring (bicyclic) bond motifs is 1. The molecular formula is C24H22ClN3O2S. The van der Waals surface area contributed by atoms with Crippen molar-refractivity contribution in [3.8, 4) is 5.75 Å². The van der Waals surface area contributed by atoms with Gasteiger partial charge in [0, 0.05) is 28.6 Å². The van der Waals surface area contributed by atoms with E-state index in [1.165, 1.54) is 11.3 Å². The van der Waals surface area contributed by atoms with Gasteiger partial charge in [-0.3, -0.25) is 4.79 Å². The molecule has 0 spiro atoms. The Morgan fingerprint density at radius 2 is 1.97 bits per heavy atom. The van der Waals surface area contributed by atoms with Gasteiger partial charge >= 0.3 is 0 Å². The van der Waals surface area contributed by atoms with Crippen molar-refractivity contribution in [1.29, 1.82) is 0 Å². The van der Waals surface area contributed by atoms with Gasteiger partial charge in [-0.2, -0.15) is 0 Å². The fourth-order valence-electron chi connectivity index (χ4n) is 3.34. The SMILES string of the molecule is COc1ccc(NCc2sc(C(=O)CCc3ccc4c(N)nccc4c3)cc2Cl)cc1. The standard InChI is InChI=1S/C24H22ClN3O2S/c1-30-18-6-4-17(5-7-18)28-14-23-20(25)13-22(31-23)21(29)9-3-15-2-8-19-16(12-15)10-11-27-24(19)26/h2,4-8,10-13,28H,3,9,14H2,1H3,(H2,26,27). The van der Waals surface area contributed by atoms with Gasteiger partial charge in [0.1, 0.15) is 11.6 Å². The molecule has 0 bridgehead atoms. The average molecular weight is 452 g/mol. The predicted octanol–water partition coefficient (Wildman–Crippen LogP) is 5.97. The molecular weight excluding hydrogens is 430 g/mol. The summed E-state index contributed by atoms with van der Waals surface area (Å²) in [5, 5.41) is 5.90. The molecule has 0 aliphatic heterocycles. The number of rotatable bonds is 8. The molecule has 4 rings (SSSR count). The number of thiophene rings is 1. The number of halogens is 1.